The molecular weight excluding hydrogens is 510 g/mol. The van der Waals surface area contributed by atoms with Gasteiger partial charge in [0, 0.05) is 50.4 Å². The molecule has 0 aliphatic carbocycles. The third kappa shape index (κ3) is 6.27. The van der Waals surface area contributed by atoms with Gasteiger partial charge in [0.15, 0.2) is 0 Å². The van der Waals surface area contributed by atoms with Gasteiger partial charge in [0.25, 0.3) is 11.8 Å². The zero-order valence-corrected chi connectivity index (χ0v) is 22.9. The van der Waals surface area contributed by atoms with Crippen molar-refractivity contribution >= 4 is 28.9 Å². The molecule has 206 valence electrons. The van der Waals surface area contributed by atoms with E-state index in [4.69, 9.17) is 4.99 Å². The highest BCUT2D eigenvalue weighted by molar-refractivity contribution is 6.54. The van der Waals surface area contributed by atoms with Crippen LogP contribution in [0.4, 0.5) is 11.4 Å². The fourth-order valence-electron chi connectivity index (χ4n) is 5.34. The Balaban J connectivity index is 1.10. The molecule has 41 heavy (non-hydrogen) atoms. The van der Waals surface area contributed by atoms with E-state index in [9.17, 15) is 9.59 Å². The Morgan fingerprint density at radius 1 is 0.707 bits per heavy atom. The smallest absolute Gasteiger partial charge is 0.278 e. The first kappa shape index (κ1) is 26.6. The molecule has 2 amide bonds. The van der Waals surface area contributed by atoms with E-state index in [-0.39, 0.29) is 11.8 Å². The second kappa shape index (κ2) is 12.3. The first-order valence-electron chi connectivity index (χ1n) is 14.0. The fourth-order valence-corrected chi connectivity index (χ4v) is 5.34. The van der Waals surface area contributed by atoms with Crippen LogP contribution in [0.25, 0.3) is 0 Å². The zero-order chi connectivity index (χ0) is 28.0. The van der Waals surface area contributed by atoms with Crippen molar-refractivity contribution in [1.82, 2.24) is 15.1 Å². The van der Waals surface area contributed by atoms with E-state index in [1.54, 1.807) is 24.3 Å². The summed E-state index contributed by atoms with van der Waals surface area (Å²) in [4.78, 5) is 37.6. The van der Waals surface area contributed by atoms with E-state index >= 15 is 0 Å². The summed E-state index contributed by atoms with van der Waals surface area (Å²) >= 11 is 0. The number of benzene rings is 4. The quantitative estimate of drug-likeness (QED) is 0.345. The molecule has 7 heteroatoms. The number of carbonyl (C=O) groups is 2. The van der Waals surface area contributed by atoms with Crippen LogP contribution in [-0.2, 0) is 17.9 Å². The summed E-state index contributed by atoms with van der Waals surface area (Å²) in [5.41, 5.74) is 5.72. The van der Waals surface area contributed by atoms with Crippen molar-refractivity contribution in [2.75, 3.05) is 37.7 Å². The molecule has 0 saturated carbocycles. The van der Waals surface area contributed by atoms with Gasteiger partial charge in [-0.25, -0.2) is 4.99 Å². The topological polar surface area (TPSA) is 68.2 Å². The third-order valence-electron chi connectivity index (χ3n) is 7.62. The van der Waals surface area contributed by atoms with Crippen LogP contribution in [0, 0.1) is 0 Å². The maximum Gasteiger partial charge on any atom is 0.278 e. The van der Waals surface area contributed by atoms with Crippen molar-refractivity contribution in [1.29, 1.82) is 0 Å². The van der Waals surface area contributed by atoms with Crippen molar-refractivity contribution in [2.24, 2.45) is 4.99 Å². The van der Waals surface area contributed by atoms with Crippen molar-refractivity contribution in [3.05, 3.63) is 131 Å². The van der Waals surface area contributed by atoms with E-state index < -0.39 is 0 Å². The lowest BCUT2D eigenvalue weighted by atomic mass is 10.1. The third-order valence-corrected chi connectivity index (χ3v) is 7.62. The molecular formula is C34H33N5O2. The SMILES string of the molecule is O=C(NCc1ccccc1)c1ccc(N=C2C(=O)N(CN3CCN(Cc4ccccc4)CC3)c3ccccc32)cc1. The summed E-state index contributed by atoms with van der Waals surface area (Å²) in [6.07, 6.45) is 0. The minimum Gasteiger partial charge on any atom is -0.348 e. The lowest BCUT2D eigenvalue weighted by Crippen LogP contribution is -2.50. The Morgan fingerprint density at radius 2 is 1.32 bits per heavy atom. The summed E-state index contributed by atoms with van der Waals surface area (Å²) in [6.45, 7) is 5.68. The van der Waals surface area contributed by atoms with E-state index in [2.05, 4.69) is 39.4 Å². The van der Waals surface area contributed by atoms with Crippen LogP contribution in [0.1, 0.15) is 27.0 Å². The monoisotopic (exact) mass is 543 g/mol. The van der Waals surface area contributed by atoms with Gasteiger partial charge in [-0.3, -0.25) is 24.3 Å². The first-order chi connectivity index (χ1) is 20.1. The highest BCUT2D eigenvalue weighted by atomic mass is 16.2. The molecule has 0 spiro atoms. The summed E-state index contributed by atoms with van der Waals surface area (Å²) in [6, 6.07) is 35.3. The number of anilines is 1. The van der Waals surface area contributed by atoms with Crippen LogP contribution < -0.4 is 10.2 Å². The van der Waals surface area contributed by atoms with Gasteiger partial charge >= 0.3 is 0 Å². The summed E-state index contributed by atoms with van der Waals surface area (Å²) in [7, 11) is 0. The van der Waals surface area contributed by atoms with E-state index in [0.29, 0.717) is 30.2 Å². The number of hydrogen-bond acceptors (Lipinski definition) is 5. The second-order valence-electron chi connectivity index (χ2n) is 10.4. The number of piperazine rings is 1. The van der Waals surface area contributed by atoms with Gasteiger partial charge in [-0.1, -0.05) is 78.9 Å². The largest absolute Gasteiger partial charge is 0.348 e. The van der Waals surface area contributed by atoms with Gasteiger partial charge in [-0.05, 0) is 41.5 Å². The average molecular weight is 544 g/mol. The second-order valence-corrected chi connectivity index (χ2v) is 10.4. The number of carbonyl (C=O) groups excluding carboxylic acids is 2. The molecule has 0 aromatic heterocycles. The number of amides is 2. The van der Waals surface area contributed by atoms with Crippen molar-refractivity contribution in [3.63, 3.8) is 0 Å². The van der Waals surface area contributed by atoms with Gasteiger partial charge in [0.1, 0.15) is 5.71 Å². The Labute approximate surface area is 240 Å². The lowest BCUT2D eigenvalue weighted by Gasteiger charge is -2.36. The number of nitrogens with one attached hydrogen (secondary N) is 1. The molecule has 4 aromatic rings. The molecule has 1 N–H and O–H groups in total. The molecule has 2 aliphatic heterocycles. The summed E-state index contributed by atoms with van der Waals surface area (Å²) in [5.74, 6) is -0.243. The summed E-state index contributed by atoms with van der Waals surface area (Å²) < 4.78 is 0. The molecule has 2 heterocycles. The molecule has 2 aliphatic rings. The van der Waals surface area contributed by atoms with Gasteiger partial charge < -0.3 is 5.32 Å². The van der Waals surface area contributed by atoms with Crippen LogP contribution in [-0.4, -0.2) is 60.2 Å². The molecule has 4 aromatic carbocycles. The minimum absolute atomic E-state index is 0.0948. The predicted octanol–water partition coefficient (Wildman–Crippen LogP) is 4.86. The Bertz CT molecular complexity index is 1530. The number of nitrogens with zero attached hydrogens (tertiary/aromatic N) is 4. The molecule has 6 rings (SSSR count). The normalized spacial score (nSPS) is 16.6. The van der Waals surface area contributed by atoms with Gasteiger partial charge in [-0.15, -0.1) is 0 Å². The summed E-state index contributed by atoms with van der Waals surface area (Å²) in [5, 5.41) is 2.94. The molecule has 1 fully saturated rings. The average Bonchev–Trinajstić information content (AvgIpc) is 3.28. The Morgan fingerprint density at radius 3 is 2.02 bits per heavy atom. The highest BCUT2D eigenvalue weighted by Crippen LogP contribution is 2.31. The Kier molecular flexibility index (Phi) is 7.98. The number of aliphatic imine (C=N–C) groups is 1. The molecule has 1 saturated heterocycles. The fraction of sp³-hybridized carbons (Fsp3) is 0.206. The van der Waals surface area contributed by atoms with E-state index in [0.717, 1.165) is 49.5 Å². The van der Waals surface area contributed by atoms with Crippen LogP contribution in [0.2, 0.25) is 0 Å². The van der Waals surface area contributed by atoms with Crippen LogP contribution >= 0.6 is 0 Å². The number of hydrogen-bond donors (Lipinski definition) is 1. The Hall–Kier alpha value is -4.59. The van der Waals surface area contributed by atoms with Crippen LogP contribution in [0.15, 0.2) is 114 Å². The zero-order valence-electron chi connectivity index (χ0n) is 22.9. The molecule has 0 bridgehead atoms. The maximum atomic E-state index is 13.6. The van der Waals surface area contributed by atoms with Crippen molar-refractivity contribution in [3.8, 4) is 0 Å². The van der Waals surface area contributed by atoms with Crippen molar-refractivity contribution < 1.29 is 9.59 Å². The molecule has 0 atom stereocenters. The molecule has 0 unspecified atom stereocenters. The standard InChI is InChI=1S/C34H33N5O2/c40-33(35-23-26-9-3-1-4-10-26)28-15-17-29(18-16-28)36-32-30-13-7-8-14-31(30)39(34(32)41)25-38-21-19-37(20-22-38)24-27-11-5-2-6-12-27/h1-18H,19-25H2,(H,35,40). The van der Waals surface area contributed by atoms with E-state index in [1.807, 2.05) is 65.6 Å². The van der Waals surface area contributed by atoms with Gasteiger partial charge in [0.05, 0.1) is 18.0 Å². The number of rotatable bonds is 8. The van der Waals surface area contributed by atoms with Gasteiger partial charge in [-0.2, -0.15) is 0 Å². The molecule has 0 radical (unpaired) electrons. The van der Waals surface area contributed by atoms with E-state index in [1.165, 1.54) is 5.56 Å². The lowest BCUT2D eigenvalue weighted by molar-refractivity contribution is -0.112. The predicted molar refractivity (Wildman–Crippen MR) is 162 cm³/mol. The minimum atomic E-state index is -0.148. The number of fused-ring (bicyclic) bond motifs is 1. The molecule has 7 nitrogen and oxygen atoms in total. The van der Waals surface area contributed by atoms with Crippen LogP contribution in [0.5, 0.6) is 0 Å². The van der Waals surface area contributed by atoms with Crippen LogP contribution in [0.3, 0.4) is 0 Å². The highest BCUT2D eigenvalue weighted by Gasteiger charge is 2.35. The first-order valence-corrected chi connectivity index (χ1v) is 14.0. The van der Waals surface area contributed by atoms with Crippen molar-refractivity contribution in [2.45, 2.75) is 13.1 Å². The maximum absolute atomic E-state index is 13.6. The van der Waals surface area contributed by atoms with Gasteiger partial charge in [0.2, 0.25) is 0 Å². The number of para-hydroxylation sites is 1.